The monoisotopic (exact) mass is 1190 g/mol. The molecule has 4 nitrogen and oxygen atoms in total. The first-order valence-electron chi connectivity index (χ1n) is 32.3. The van der Waals surface area contributed by atoms with Crippen molar-refractivity contribution < 1.29 is 0 Å². The number of benzene rings is 16. The van der Waals surface area contributed by atoms with E-state index in [0.29, 0.717) is 0 Å². The van der Waals surface area contributed by atoms with Crippen LogP contribution in [0.25, 0.3) is 187 Å². The maximum Gasteiger partial charge on any atom is 0.0702 e. The van der Waals surface area contributed by atoms with Crippen LogP contribution in [-0.4, -0.2) is 19.1 Å². The lowest BCUT2D eigenvalue weighted by Gasteiger charge is -2.17. The Morgan fingerprint density at radius 2 is 0.532 bits per heavy atom. The Kier molecular flexibility index (Phi) is 12.3. The van der Waals surface area contributed by atoms with E-state index in [2.05, 4.69) is 328 Å². The molecule has 0 radical (unpaired) electrons. The van der Waals surface area contributed by atoms with Crippen LogP contribution in [0.15, 0.2) is 340 Å². The lowest BCUT2D eigenvalue weighted by atomic mass is 9.87. The second-order valence-corrected chi connectivity index (χ2v) is 24.7. The predicted molar refractivity (Wildman–Crippen MR) is 397 cm³/mol. The van der Waals surface area contributed by atoms with Crippen molar-refractivity contribution >= 4 is 108 Å². The first kappa shape index (κ1) is 53.3. The third-order valence-corrected chi connectivity index (χ3v) is 19.7. The molecule has 16 aromatic carbocycles. The van der Waals surface area contributed by atoms with Gasteiger partial charge in [-0.05, 0) is 199 Å². The summed E-state index contributed by atoms with van der Waals surface area (Å²) >= 11 is 0. The summed E-state index contributed by atoms with van der Waals surface area (Å²) < 4.78 is 4.76. The summed E-state index contributed by atoms with van der Waals surface area (Å²) in [6, 6.07) is 117. The van der Waals surface area contributed by atoms with E-state index in [4.69, 9.17) is 0 Å². The number of hydrogen-bond donors (Lipinski definition) is 0. The highest BCUT2D eigenvalue weighted by molar-refractivity contribution is 6.29. The average molecular weight is 1190 g/mol. The Labute approximate surface area is 542 Å². The van der Waals surface area contributed by atoms with Gasteiger partial charge in [-0.15, -0.1) is 0 Å². The van der Waals surface area contributed by atoms with Crippen LogP contribution in [0.3, 0.4) is 0 Å². The van der Waals surface area contributed by atoms with E-state index in [-0.39, 0.29) is 0 Å². The van der Waals surface area contributed by atoms with E-state index in [1.165, 1.54) is 175 Å². The zero-order valence-corrected chi connectivity index (χ0v) is 51.1. The SMILES string of the molecule is c1ccc(-c2cccc(-c3ccc4ccc5c(-c6ccc(-n7c8ccccc8c8ccccc87)cc6)ccc6ccc3c4c65)c2)nc1.c1ccc2c(c1)c1ccccc1n2-c1ccc(-c2ccc3ccc4c(-c5ccc(-c6ccncc6)cc5)ccc5ccc2c3c54)cc1. The highest BCUT2D eigenvalue weighted by Gasteiger charge is 2.20. The van der Waals surface area contributed by atoms with Crippen molar-refractivity contribution in [3.63, 3.8) is 0 Å². The summed E-state index contributed by atoms with van der Waals surface area (Å²) in [6.45, 7) is 0. The maximum absolute atomic E-state index is 4.60. The summed E-state index contributed by atoms with van der Waals surface area (Å²) in [4.78, 5) is 8.77. The fourth-order valence-corrected chi connectivity index (χ4v) is 15.4. The van der Waals surface area contributed by atoms with Crippen LogP contribution in [0.4, 0.5) is 0 Å². The van der Waals surface area contributed by atoms with Crippen LogP contribution in [-0.2, 0) is 0 Å². The maximum atomic E-state index is 4.60. The molecule has 0 saturated carbocycles. The molecule has 0 aliphatic rings. The Balaban J connectivity index is 0.000000133. The van der Waals surface area contributed by atoms with Crippen molar-refractivity contribution in [2.75, 3.05) is 0 Å². The minimum absolute atomic E-state index is 0.987. The van der Waals surface area contributed by atoms with Crippen LogP contribution in [0, 0.1) is 0 Å². The van der Waals surface area contributed by atoms with Crippen molar-refractivity contribution in [2.45, 2.75) is 0 Å². The number of para-hydroxylation sites is 4. The van der Waals surface area contributed by atoms with Gasteiger partial charge >= 0.3 is 0 Å². The van der Waals surface area contributed by atoms with Gasteiger partial charge < -0.3 is 9.13 Å². The van der Waals surface area contributed by atoms with Gasteiger partial charge in [0, 0.05) is 57.1 Å². The lowest BCUT2D eigenvalue weighted by Crippen LogP contribution is -1.94. The second kappa shape index (κ2) is 21.6. The van der Waals surface area contributed by atoms with Gasteiger partial charge in [0.15, 0.2) is 0 Å². The molecule has 0 bridgehead atoms. The summed E-state index contributed by atoms with van der Waals surface area (Å²) in [5.41, 5.74) is 21.6. The van der Waals surface area contributed by atoms with Gasteiger partial charge in [-0.3, -0.25) is 9.97 Å². The van der Waals surface area contributed by atoms with Gasteiger partial charge in [-0.25, -0.2) is 0 Å². The van der Waals surface area contributed by atoms with Crippen molar-refractivity contribution in [2.24, 2.45) is 0 Å². The average Bonchev–Trinajstić information content (AvgIpc) is 1.26. The number of hydrogen-bond acceptors (Lipinski definition) is 2. The van der Waals surface area contributed by atoms with Crippen LogP contribution in [0.2, 0.25) is 0 Å². The van der Waals surface area contributed by atoms with E-state index in [0.717, 1.165) is 11.3 Å². The number of fused-ring (bicyclic) bond motifs is 6. The lowest BCUT2D eigenvalue weighted by molar-refractivity contribution is 1.18. The third-order valence-electron chi connectivity index (χ3n) is 19.7. The molecule has 0 atom stereocenters. The van der Waals surface area contributed by atoms with E-state index in [9.17, 15) is 0 Å². The molecule has 0 unspecified atom stereocenters. The Bertz CT molecular complexity index is 6200. The number of pyridine rings is 2. The van der Waals surface area contributed by atoms with Crippen LogP contribution >= 0.6 is 0 Å². The molecule has 20 rings (SSSR count). The molecule has 0 spiro atoms. The molecule has 0 fully saturated rings. The van der Waals surface area contributed by atoms with Gasteiger partial charge in [-0.2, -0.15) is 0 Å². The Morgan fingerprint density at radius 1 is 0.202 bits per heavy atom. The Hall–Kier alpha value is -12.5. The summed E-state index contributed by atoms with van der Waals surface area (Å²) in [5.74, 6) is 0. The minimum atomic E-state index is 0.987. The van der Waals surface area contributed by atoms with Gasteiger partial charge in [0.2, 0.25) is 0 Å². The zero-order chi connectivity index (χ0) is 61.8. The van der Waals surface area contributed by atoms with Crippen LogP contribution in [0.1, 0.15) is 0 Å². The zero-order valence-electron chi connectivity index (χ0n) is 51.1. The standard InChI is InChI=1S/2C45H28N2/c1-3-13-42-37(10-1)38-11-2-4-14-43(38)47(42)34-21-15-29(16-22-34)35-23-17-30-20-26-40-36(24-18-31-19-25-39(35)44(30)45(31)40)32-8-7-9-33(28-32)41-12-5-6-27-46-41;1-3-7-42-38(5-1)39-6-2-4-8-43(39)47(42)35-19-13-32(14-20-35)37-22-16-34-17-23-40-36(21-15-33-18-24-41(37)45(34)44(33)40)31-11-9-29(10-12-31)30-25-27-46-28-26-30/h2*1-28H. The van der Waals surface area contributed by atoms with E-state index >= 15 is 0 Å². The highest BCUT2D eigenvalue weighted by atomic mass is 15.0. The fourth-order valence-electron chi connectivity index (χ4n) is 15.4. The topological polar surface area (TPSA) is 35.6 Å². The molecular formula is C90H56N4. The first-order chi connectivity index (χ1) is 46.6. The fraction of sp³-hybridized carbons (Fsp3) is 0. The second-order valence-electron chi connectivity index (χ2n) is 24.7. The molecule has 4 heterocycles. The molecule has 436 valence electrons. The minimum Gasteiger partial charge on any atom is -0.309 e. The number of aromatic nitrogens is 4. The first-order valence-corrected chi connectivity index (χ1v) is 32.3. The van der Waals surface area contributed by atoms with Crippen LogP contribution in [0.5, 0.6) is 0 Å². The van der Waals surface area contributed by atoms with E-state index < -0.39 is 0 Å². The molecule has 0 aliphatic heterocycles. The van der Waals surface area contributed by atoms with Crippen molar-refractivity contribution in [3.8, 4) is 78.3 Å². The number of rotatable bonds is 8. The summed E-state index contributed by atoms with van der Waals surface area (Å²) in [6.07, 6.45) is 5.55. The molecule has 0 amide bonds. The Morgan fingerprint density at radius 3 is 0.926 bits per heavy atom. The van der Waals surface area contributed by atoms with Crippen molar-refractivity contribution in [1.29, 1.82) is 0 Å². The van der Waals surface area contributed by atoms with E-state index in [1.54, 1.807) is 0 Å². The summed E-state index contributed by atoms with van der Waals surface area (Å²) in [7, 11) is 0. The van der Waals surface area contributed by atoms with Gasteiger partial charge in [-0.1, -0.05) is 243 Å². The van der Waals surface area contributed by atoms with Gasteiger partial charge in [0.25, 0.3) is 0 Å². The summed E-state index contributed by atoms with van der Waals surface area (Å²) in [5, 5.41) is 20.6. The number of nitrogens with zero attached hydrogens (tertiary/aromatic N) is 4. The molecule has 4 heteroatoms. The van der Waals surface area contributed by atoms with Crippen molar-refractivity contribution in [1.82, 2.24) is 19.1 Å². The molecular weight excluding hydrogens is 1140 g/mol. The molecule has 0 saturated heterocycles. The highest BCUT2D eigenvalue weighted by Crippen LogP contribution is 2.46. The van der Waals surface area contributed by atoms with E-state index in [1.807, 2.05) is 30.7 Å². The smallest absolute Gasteiger partial charge is 0.0702 e. The normalized spacial score (nSPS) is 11.8. The van der Waals surface area contributed by atoms with Gasteiger partial charge in [0.05, 0.1) is 27.8 Å². The molecule has 0 N–H and O–H groups in total. The molecule has 20 aromatic rings. The van der Waals surface area contributed by atoms with Crippen molar-refractivity contribution in [3.05, 3.63) is 340 Å². The molecule has 4 aromatic heterocycles. The van der Waals surface area contributed by atoms with Gasteiger partial charge in [0.1, 0.15) is 0 Å². The third kappa shape index (κ3) is 8.54. The predicted octanol–water partition coefficient (Wildman–Crippen LogP) is 24.2. The quantitative estimate of drug-likeness (QED) is 0.142. The molecule has 94 heavy (non-hydrogen) atoms. The van der Waals surface area contributed by atoms with Crippen LogP contribution < -0.4 is 0 Å². The largest absolute Gasteiger partial charge is 0.309 e. The molecule has 0 aliphatic carbocycles.